The van der Waals surface area contributed by atoms with E-state index in [0.29, 0.717) is 0 Å². The van der Waals surface area contributed by atoms with Crippen LogP contribution in [-0.2, 0) is 11.2 Å². The Balaban J connectivity index is 1.94. The second-order valence-electron chi connectivity index (χ2n) is 5.92. The second-order valence-corrected chi connectivity index (χ2v) is 5.92. The van der Waals surface area contributed by atoms with Crippen molar-refractivity contribution in [2.45, 2.75) is 51.0 Å². The summed E-state index contributed by atoms with van der Waals surface area (Å²) in [7, 11) is 0. The van der Waals surface area contributed by atoms with Crippen LogP contribution in [0.1, 0.15) is 50.2 Å². The van der Waals surface area contributed by atoms with E-state index in [1.165, 1.54) is 12.0 Å². The van der Waals surface area contributed by atoms with Crippen LogP contribution < -0.4 is 5.32 Å². The molecule has 2 N–H and O–H groups in total. The molecular weight excluding hydrogens is 262 g/mol. The van der Waals surface area contributed by atoms with Gasteiger partial charge in [0.1, 0.15) is 0 Å². The van der Waals surface area contributed by atoms with E-state index in [9.17, 15) is 9.90 Å². The van der Waals surface area contributed by atoms with Gasteiger partial charge in [0.05, 0.1) is 12.1 Å². The summed E-state index contributed by atoms with van der Waals surface area (Å²) in [5.41, 5.74) is 1.90. The Bertz CT molecular complexity index is 484. The quantitative estimate of drug-likeness (QED) is 0.818. The molecule has 0 aliphatic heterocycles. The zero-order valence-electron chi connectivity index (χ0n) is 12.8. The van der Waals surface area contributed by atoms with Gasteiger partial charge >= 0.3 is 0 Å². The first-order chi connectivity index (χ1) is 10.2. The highest BCUT2D eigenvalue weighted by Crippen LogP contribution is 2.27. The molecule has 0 heterocycles. The maximum absolute atomic E-state index is 12.1. The summed E-state index contributed by atoms with van der Waals surface area (Å²) in [5.74, 6) is -0.120. The van der Waals surface area contributed by atoms with E-state index in [4.69, 9.17) is 0 Å². The van der Waals surface area contributed by atoms with Crippen molar-refractivity contribution in [2.75, 3.05) is 6.61 Å². The molecule has 0 radical (unpaired) electrons. The van der Waals surface area contributed by atoms with Crippen LogP contribution in [0.2, 0.25) is 0 Å². The number of aliphatic hydroxyl groups excluding tert-OH is 1. The van der Waals surface area contributed by atoms with Gasteiger partial charge in [-0.25, -0.2) is 0 Å². The maximum Gasteiger partial charge on any atom is 0.244 e. The van der Waals surface area contributed by atoms with Crippen molar-refractivity contribution in [2.24, 2.45) is 0 Å². The minimum atomic E-state index is -0.411. The SMILES string of the molecule is CCc1ccc(C=CC(=O)NC2(CO)CCCCC2)cc1. The number of hydrogen-bond donors (Lipinski definition) is 2. The molecule has 1 fully saturated rings. The average molecular weight is 287 g/mol. The number of carbonyl (C=O) groups excluding carboxylic acids is 1. The predicted molar refractivity (Wildman–Crippen MR) is 85.9 cm³/mol. The Morgan fingerprint density at radius 1 is 1.24 bits per heavy atom. The van der Waals surface area contributed by atoms with Crippen LogP contribution in [0.25, 0.3) is 6.08 Å². The molecule has 2 rings (SSSR count). The van der Waals surface area contributed by atoms with E-state index in [0.717, 1.165) is 37.7 Å². The van der Waals surface area contributed by atoms with Crippen LogP contribution in [0.15, 0.2) is 30.3 Å². The van der Waals surface area contributed by atoms with Crippen molar-refractivity contribution < 1.29 is 9.90 Å². The van der Waals surface area contributed by atoms with Gasteiger partial charge in [-0.05, 0) is 36.5 Å². The van der Waals surface area contributed by atoms with Crippen LogP contribution in [0.4, 0.5) is 0 Å². The number of nitrogens with one attached hydrogen (secondary N) is 1. The number of aryl methyl sites for hydroxylation is 1. The van der Waals surface area contributed by atoms with E-state index >= 15 is 0 Å². The van der Waals surface area contributed by atoms with Crippen molar-refractivity contribution in [3.63, 3.8) is 0 Å². The molecule has 0 spiro atoms. The summed E-state index contributed by atoms with van der Waals surface area (Å²) in [6.07, 6.45) is 9.48. The Morgan fingerprint density at radius 3 is 2.48 bits per heavy atom. The Kier molecular flexibility index (Phi) is 5.57. The molecule has 0 unspecified atom stereocenters. The molecule has 1 aromatic carbocycles. The van der Waals surface area contributed by atoms with Crippen LogP contribution in [0.3, 0.4) is 0 Å². The molecule has 1 amide bonds. The third-order valence-corrected chi connectivity index (χ3v) is 4.32. The predicted octanol–water partition coefficient (Wildman–Crippen LogP) is 3.07. The highest BCUT2D eigenvalue weighted by atomic mass is 16.3. The minimum Gasteiger partial charge on any atom is -0.394 e. The van der Waals surface area contributed by atoms with Gasteiger partial charge in [0.25, 0.3) is 0 Å². The Morgan fingerprint density at radius 2 is 1.90 bits per heavy atom. The molecule has 0 aromatic heterocycles. The number of benzene rings is 1. The molecule has 0 saturated heterocycles. The number of amides is 1. The molecule has 1 saturated carbocycles. The number of aliphatic hydroxyl groups is 1. The summed E-state index contributed by atoms with van der Waals surface area (Å²) in [4.78, 5) is 12.1. The maximum atomic E-state index is 12.1. The van der Waals surface area contributed by atoms with Crippen molar-refractivity contribution in [3.05, 3.63) is 41.5 Å². The zero-order chi connectivity index (χ0) is 15.1. The second kappa shape index (κ2) is 7.41. The van der Waals surface area contributed by atoms with Gasteiger partial charge in [-0.2, -0.15) is 0 Å². The topological polar surface area (TPSA) is 49.3 Å². The number of hydrogen-bond acceptors (Lipinski definition) is 2. The van der Waals surface area contributed by atoms with Gasteiger partial charge in [-0.3, -0.25) is 4.79 Å². The van der Waals surface area contributed by atoms with Crippen molar-refractivity contribution in [3.8, 4) is 0 Å². The molecular formula is C18H25NO2. The van der Waals surface area contributed by atoms with Crippen LogP contribution in [0, 0.1) is 0 Å². The van der Waals surface area contributed by atoms with Crippen molar-refractivity contribution >= 4 is 12.0 Å². The lowest BCUT2D eigenvalue weighted by Gasteiger charge is -2.36. The van der Waals surface area contributed by atoms with Crippen LogP contribution >= 0.6 is 0 Å². The summed E-state index contributed by atoms with van der Waals surface area (Å²) >= 11 is 0. The minimum absolute atomic E-state index is 0.0256. The smallest absolute Gasteiger partial charge is 0.244 e. The summed E-state index contributed by atoms with van der Waals surface area (Å²) in [6.45, 7) is 2.15. The highest BCUT2D eigenvalue weighted by molar-refractivity contribution is 5.92. The lowest BCUT2D eigenvalue weighted by Crippen LogP contribution is -2.52. The molecule has 0 atom stereocenters. The fourth-order valence-electron chi connectivity index (χ4n) is 2.89. The molecule has 3 heteroatoms. The lowest BCUT2D eigenvalue weighted by molar-refractivity contribution is -0.119. The van der Waals surface area contributed by atoms with Crippen molar-refractivity contribution in [1.82, 2.24) is 5.32 Å². The summed E-state index contributed by atoms with van der Waals surface area (Å²) in [5, 5.41) is 12.6. The zero-order valence-corrected chi connectivity index (χ0v) is 12.8. The van der Waals surface area contributed by atoms with Gasteiger partial charge in [0.15, 0.2) is 0 Å². The normalized spacial score (nSPS) is 17.8. The fraction of sp³-hybridized carbons (Fsp3) is 0.500. The molecule has 3 nitrogen and oxygen atoms in total. The monoisotopic (exact) mass is 287 g/mol. The Hall–Kier alpha value is -1.61. The fourth-order valence-corrected chi connectivity index (χ4v) is 2.89. The molecule has 1 aliphatic carbocycles. The molecule has 1 aliphatic rings. The summed E-state index contributed by atoms with van der Waals surface area (Å²) in [6, 6.07) is 8.19. The van der Waals surface area contributed by atoms with Gasteiger partial charge in [-0.1, -0.05) is 50.5 Å². The average Bonchev–Trinajstić information content (AvgIpc) is 2.54. The Labute approximate surface area is 127 Å². The first kappa shape index (κ1) is 15.8. The third-order valence-electron chi connectivity index (χ3n) is 4.32. The highest BCUT2D eigenvalue weighted by Gasteiger charge is 2.32. The first-order valence-electron chi connectivity index (χ1n) is 7.87. The molecule has 114 valence electrons. The largest absolute Gasteiger partial charge is 0.394 e. The van der Waals surface area contributed by atoms with Crippen LogP contribution in [0.5, 0.6) is 0 Å². The van der Waals surface area contributed by atoms with Gasteiger partial charge in [0, 0.05) is 6.08 Å². The van der Waals surface area contributed by atoms with E-state index in [-0.39, 0.29) is 12.5 Å². The third kappa shape index (κ3) is 4.43. The van der Waals surface area contributed by atoms with Crippen LogP contribution in [-0.4, -0.2) is 23.2 Å². The standard InChI is InChI=1S/C18H25NO2/c1-2-15-6-8-16(9-7-15)10-11-17(21)19-18(14-20)12-4-3-5-13-18/h6-11,20H,2-5,12-14H2,1H3,(H,19,21). The van der Waals surface area contributed by atoms with E-state index in [2.05, 4.69) is 24.4 Å². The molecule has 21 heavy (non-hydrogen) atoms. The number of carbonyl (C=O) groups is 1. The van der Waals surface area contributed by atoms with Gasteiger partial charge < -0.3 is 10.4 Å². The van der Waals surface area contributed by atoms with Crippen molar-refractivity contribution in [1.29, 1.82) is 0 Å². The first-order valence-corrected chi connectivity index (χ1v) is 7.87. The van der Waals surface area contributed by atoms with Gasteiger partial charge in [0.2, 0.25) is 5.91 Å². The van der Waals surface area contributed by atoms with E-state index in [1.807, 2.05) is 18.2 Å². The summed E-state index contributed by atoms with van der Waals surface area (Å²) < 4.78 is 0. The van der Waals surface area contributed by atoms with Gasteiger partial charge in [-0.15, -0.1) is 0 Å². The molecule has 0 bridgehead atoms. The molecule has 1 aromatic rings. The van der Waals surface area contributed by atoms with E-state index < -0.39 is 5.54 Å². The van der Waals surface area contributed by atoms with E-state index in [1.54, 1.807) is 6.08 Å². The lowest BCUT2D eigenvalue weighted by atomic mass is 9.82. The number of rotatable bonds is 5.